The van der Waals surface area contributed by atoms with Gasteiger partial charge in [-0.05, 0) is 72.8 Å². The zero-order valence-corrected chi connectivity index (χ0v) is 24.3. The van der Waals surface area contributed by atoms with Gasteiger partial charge in [0.25, 0.3) is 5.91 Å². The van der Waals surface area contributed by atoms with Crippen molar-refractivity contribution in [2.45, 2.75) is 50.0 Å². The van der Waals surface area contributed by atoms with Gasteiger partial charge in [-0.15, -0.1) is 0 Å². The predicted octanol–water partition coefficient (Wildman–Crippen LogP) is 3.36. The Hall–Kier alpha value is -4.74. The smallest absolute Gasteiger partial charge is 0.269 e. The number of nitrogens with one attached hydrogen (secondary N) is 1. The summed E-state index contributed by atoms with van der Waals surface area (Å²) in [6.45, 7) is -0.576. The third-order valence-corrected chi connectivity index (χ3v) is 10.6. The van der Waals surface area contributed by atoms with E-state index in [4.69, 9.17) is 5.73 Å². The van der Waals surface area contributed by atoms with Crippen molar-refractivity contribution in [3.63, 3.8) is 0 Å². The predicted molar refractivity (Wildman–Crippen MR) is 158 cm³/mol. The molecule has 6 atom stereocenters. The van der Waals surface area contributed by atoms with Crippen molar-refractivity contribution in [2.75, 3.05) is 6.54 Å². The zero-order valence-electron chi connectivity index (χ0n) is 24.3. The summed E-state index contributed by atoms with van der Waals surface area (Å²) in [4.78, 5) is 41.2. The number of primary amides is 1. The highest BCUT2D eigenvalue weighted by Gasteiger charge is 2.76. The summed E-state index contributed by atoms with van der Waals surface area (Å²) in [5.41, 5.74) is 7.27. The van der Waals surface area contributed by atoms with Crippen LogP contribution in [0, 0.1) is 29.5 Å². The molecule has 230 valence electrons. The number of carbonyl (C=O) groups is 3. The summed E-state index contributed by atoms with van der Waals surface area (Å²) in [5, 5.41) is 15.6. The van der Waals surface area contributed by atoms with Gasteiger partial charge in [0.15, 0.2) is 5.69 Å². The van der Waals surface area contributed by atoms with Crippen molar-refractivity contribution >= 4 is 28.6 Å². The second-order valence-corrected chi connectivity index (χ2v) is 12.9. The Balaban J connectivity index is 1.07. The number of alkyl halides is 1. The third kappa shape index (κ3) is 4.25. The molecule has 12 heteroatoms. The minimum Gasteiger partial charge on any atom is -0.364 e. The van der Waals surface area contributed by atoms with E-state index >= 15 is 4.39 Å². The first-order chi connectivity index (χ1) is 21.8. The van der Waals surface area contributed by atoms with Crippen LogP contribution in [-0.4, -0.2) is 61.4 Å². The fraction of sp³-hybridized carbons (Fsp3) is 0.394. The topological polar surface area (TPSA) is 136 Å². The molecule has 2 aromatic carbocycles. The van der Waals surface area contributed by atoms with E-state index < -0.39 is 35.5 Å². The molecule has 8 rings (SSSR count). The molecule has 3 heterocycles. The standard InChI is InChI=1S/C33H31F2N7O3/c34-21-13-26(32(45)39-33(23-3-1-2-4-24(23)35)28-18-5-6-19(11-18)29(28)33)41(15-21)27(43)16-42-25-8-7-17(20-9-10-37-38-14-20)12-22(25)30(40-42)31(36)44/h1-4,7-10,12,14,18-19,21,26,28-29H,5-6,11,13,15-16H2,(H2,36,44)(H,39,45). The van der Waals surface area contributed by atoms with Crippen molar-refractivity contribution in [1.82, 2.24) is 30.2 Å². The molecule has 3 N–H and O–H groups in total. The Bertz CT molecular complexity index is 1850. The molecule has 6 unspecified atom stereocenters. The summed E-state index contributed by atoms with van der Waals surface area (Å²) in [5.74, 6) is -1.02. The Morgan fingerprint density at radius 1 is 1.00 bits per heavy atom. The molecule has 10 nitrogen and oxygen atoms in total. The van der Waals surface area contributed by atoms with Crippen LogP contribution < -0.4 is 11.1 Å². The number of fused-ring (bicyclic) bond motifs is 6. The Morgan fingerprint density at radius 3 is 2.49 bits per heavy atom. The van der Waals surface area contributed by atoms with Crippen LogP contribution in [0.15, 0.2) is 60.9 Å². The first-order valence-corrected chi connectivity index (χ1v) is 15.3. The average molecular weight is 612 g/mol. The molecule has 3 saturated carbocycles. The van der Waals surface area contributed by atoms with Gasteiger partial charge in [-0.1, -0.05) is 24.3 Å². The quantitative estimate of drug-likeness (QED) is 0.329. The number of hydrogen-bond acceptors (Lipinski definition) is 6. The molecule has 4 aliphatic rings. The number of rotatable bonds is 7. The molecule has 3 aliphatic carbocycles. The zero-order chi connectivity index (χ0) is 31.0. The van der Waals surface area contributed by atoms with E-state index in [1.54, 1.807) is 54.9 Å². The van der Waals surface area contributed by atoms with Crippen LogP contribution in [0.5, 0.6) is 0 Å². The van der Waals surface area contributed by atoms with Gasteiger partial charge in [0.05, 0.1) is 30.0 Å². The minimum absolute atomic E-state index is 0.0116. The van der Waals surface area contributed by atoms with Gasteiger partial charge in [-0.2, -0.15) is 15.3 Å². The number of nitrogens with zero attached hydrogens (tertiary/aromatic N) is 5. The fourth-order valence-corrected chi connectivity index (χ4v) is 8.81. The molecule has 4 fully saturated rings. The van der Waals surface area contributed by atoms with Crippen LogP contribution in [0.4, 0.5) is 8.78 Å². The SMILES string of the molecule is NC(=O)c1nn(CC(=O)N2CC(F)CC2C(=O)NC2(c3ccccc3F)C3C4CCC(C4)C32)c2ccc(-c3ccnnc3)cc12. The van der Waals surface area contributed by atoms with E-state index in [0.717, 1.165) is 30.4 Å². The average Bonchev–Trinajstić information content (AvgIpc) is 3.55. The van der Waals surface area contributed by atoms with E-state index in [0.29, 0.717) is 28.3 Å². The van der Waals surface area contributed by atoms with E-state index in [9.17, 15) is 18.8 Å². The van der Waals surface area contributed by atoms with E-state index in [-0.39, 0.29) is 42.9 Å². The second kappa shape index (κ2) is 10.1. The van der Waals surface area contributed by atoms with Gasteiger partial charge >= 0.3 is 0 Å². The Labute approximate surface area is 257 Å². The molecule has 45 heavy (non-hydrogen) atoms. The number of aromatic nitrogens is 4. The lowest BCUT2D eigenvalue weighted by Gasteiger charge is -2.30. The van der Waals surface area contributed by atoms with Crippen LogP contribution in [0.1, 0.15) is 41.7 Å². The molecule has 1 aliphatic heterocycles. The maximum absolute atomic E-state index is 15.2. The molecule has 0 radical (unpaired) electrons. The highest BCUT2D eigenvalue weighted by molar-refractivity contribution is 6.05. The Kier molecular flexibility index (Phi) is 6.26. The van der Waals surface area contributed by atoms with Gasteiger partial charge < -0.3 is 16.0 Å². The Morgan fingerprint density at radius 2 is 1.78 bits per heavy atom. The number of amides is 3. The molecule has 2 bridgehead atoms. The van der Waals surface area contributed by atoms with Gasteiger partial charge in [0.1, 0.15) is 24.6 Å². The number of halogens is 2. The number of benzene rings is 2. The molecular formula is C33H31F2N7O3. The number of hydrogen-bond donors (Lipinski definition) is 2. The van der Waals surface area contributed by atoms with Gasteiger partial charge in [-0.3, -0.25) is 19.1 Å². The van der Waals surface area contributed by atoms with Crippen LogP contribution in [-0.2, 0) is 21.7 Å². The molecule has 0 spiro atoms. The van der Waals surface area contributed by atoms with Gasteiger partial charge in [-0.25, -0.2) is 8.78 Å². The van der Waals surface area contributed by atoms with Crippen molar-refractivity contribution in [1.29, 1.82) is 0 Å². The van der Waals surface area contributed by atoms with Gasteiger partial charge in [0.2, 0.25) is 11.8 Å². The van der Waals surface area contributed by atoms with Gasteiger partial charge in [0, 0.05) is 22.9 Å². The largest absolute Gasteiger partial charge is 0.364 e. The molecule has 2 aromatic heterocycles. The number of likely N-dealkylation sites (tertiary alicyclic amines) is 1. The summed E-state index contributed by atoms with van der Waals surface area (Å²) >= 11 is 0. The van der Waals surface area contributed by atoms with Crippen LogP contribution >= 0.6 is 0 Å². The summed E-state index contributed by atoms with van der Waals surface area (Å²) in [6, 6.07) is 12.5. The lowest BCUT2D eigenvalue weighted by atomic mass is 9.90. The second-order valence-electron chi connectivity index (χ2n) is 12.9. The highest BCUT2D eigenvalue weighted by atomic mass is 19.1. The van der Waals surface area contributed by atoms with Crippen molar-refractivity contribution in [3.05, 3.63) is 78.0 Å². The molecule has 4 aromatic rings. The van der Waals surface area contributed by atoms with E-state index in [1.165, 1.54) is 15.6 Å². The summed E-state index contributed by atoms with van der Waals surface area (Å²) < 4.78 is 31.5. The number of carbonyl (C=O) groups excluding carboxylic acids is 3. The van der Waals surface area contributed by atoms with Crippen molar-refractivity contribution in [2.24, 2.45) is 29.4 Å². The first-order valence-electron chi connectivity index (χ1n) is 15.3. The van der Waals surface area contributed by atoms with Crippen LogP contribution in [0.3, 0.4) is 0 Å². The monoisotopic (exact) mass is 611 g/mol. The maximum Gasteiger partial charge on any atom is 0.269 e. The number of nitrogens with two attached hydrogens (primary N) is 1. The summed E-state index contributed by atoms with van der Waals surface area (Å²) in [7, 11) is 0. The lowest BCUT2D eigenvalue weighted by molar-refractivity contribution is -0.139. The lowest BCUT2D eigenvalue weighted by Crippen LogP contribution is -2.51. The fourth-order valence-electron chi connectivity index (χ4n) is 8.81. The van der Waals surface area contributed by atoms with E-state index in [1.807, 2.05) is 0 Å². The minimum atomic E-state index is -1.39. The van der Waals surface area contributed by atoms with Crippen molar-refractivity contribution in [3.8, 4) is 11.1 Å². The van der Waals surface area contributed by atoms with Crippen LogP contribution in [0.25, 0.3) is 22.0 Å². The normalized spacial score (nSPS) is 29.6. The third-order valence-electron chi connectivity index (χ3n) is 10.6. The molecule has 3 amide bonds. The summed E-state index contributed by atoms with van der Waals surface area (Å²) in [6.07, 6.45) is 4.80. The van der Waals surface area contributed by atoms with Crippen LogP contribution in [0.2, 0.25) is 0 Å². The van der Waals surface area contributed by atoms with Crippen molar-refractivity contribution < 1.29 is 23.2 Å². The molecular weight excluding hydrogens is 580 g/mol. The molecule has 1 saturated heterocycles. The van der Waals surface area contributed by atoms with E-state index in [2.05, 4.69) is 20.6 Å². The first kappa shape index (κ1) is 27.8. The maximum atomic E-state index is 15.2. The highest BCUT2D eigenvalue weighted by Crippen LogP contribution is 2.75.